The van der Waals surface area contributed by atoms with E-state index >= 15 is 0 Å². The predicted octanol–water partition coefficient (Wildman–Crippen LogP) is 4.08. The maximum atomic E-state index is 11.0. The van der Waals surface area contributed by atoms with Crippen molar-refractivity contribution in [3.63, 3.8) is 0 Å². The molecular weight excluding hydrogens is 236 g/mol. The van der Waals surface area contributed by atoms with Gasteiger partial charge in [0.05, 0.1) is 0 Å². The molecule has 0 amide bonds. The van der Waals surface area contributed by atoms with Gasteiger partial charge in [0.25, 0.3) is 0 Å². The normalized spacial score (nSPS) is 23.8. The summed E-state index contributed by atoms with van der Waals surface area (Å²) in [6.07, 6.45) is 2.25. The molecule has 0 aromatic heterocycles. The van der Waals surface area contributed by atoms with E-state index in [2.05, 4.69) is 45.9 Å². The van der Waals surface area contributed by atoms with Crippen LogP contribution in [0.4, 0.5) is 0 Å². The Balaban J connectivity index is 2.34. The average Bonchev–Trinajstić information content (AvgIpc) is 2.38. The minimum atomic E-state index is -2.05. The zero-order valence-electron chi connectivity index (χ0n) is 12.2. The molecule has 2 rings (SSSR count). The summed E-state index contributed by atoms with van der Waals surface area (Å²) >= 11 is 0. The van der Waals surface area contributed by atoms with Crippen LogP contribution < -0.4 is 0 Å². The van der Waals surface area contributed by atoms with Crippen LogP contribution in [0.1, 0.15) is 37.5 Å². The molecule has 0 spiro atoms. The molecule has 2 heteroatoms. The summed E-state index contributed by atoms with van der Waals surface area (Å²) in [4.78, 5) is 11.0. The van der Waals surface area contributed by atoms with Crippen molar-refractivity contribution in [3.05, 3.63) is 34.9 Å². The Labute approximate surface area is 112 Å². The van der Waals surface area contributed by atoms with Crippen LogP contribution in [-0.4, -0.2) is 13.1 Å². The van der Waals surface area contributed by atoms with E-state index in [9.17, 15) is 4.80 Å². The van der Waals surface area contributed by atoms with Gasteiger partial charge in [-0.15, -0.1) is 0 Å². The third-order valence-electron chi connectivity index (χ3n) is 5.07. The summed E-state index contributed by atoms with van der Waals surface area (Å²) in [7, 11) is -2.05. The highest BCUT2D eigenvalue weighted by Gasteiger charge is 2.42. The van der Waals surface area contributed by atoms with Gasteiger partial charge >= 0.3 is 0 Å². The van der Waals surface area contributed by atoms with Crippen molar-refractivity contribution in [3.8, 4) is 0 Å². The van der Waals surface area contributed by atoms with Crippen LogP contribution in [0.5, 0.6) is 0 Å². The third-order valence-corrected chi connectivity index (χ3v) is 9.68. The summed E-state index contributed by atoms with van der Waals surface area (Å²) < 4.78 is 0. The van der Waals surface area contributed by atoms with E-state index in [1.807, 2.05) is 0 Å². The lowest BCUT2D eigenvalue weighted by molar-refractivity contribution is 0.412. The first-order valence-electron chi connectivity index (χ1n) is 7.31. The first-order chi connectivity index (χ1) is 8.51. The Morgan fingerprint density at radius 2 is 1.89 bits per heavy atom. The van der Waals surface area contributed by atoms with E-state index < -0.39 is 8.32 Å². The number of fused-ring (bicyclic) bond motifs is 1. The van der Waals surface area contributed by atoms with Gasteiger partial charge in [-0.2, -0.15) is 0 Å². The molecule has 0 heterocycles. The molecule has 0 bridgehead atoms. The van der Waals surface area contributed by atoms with Crippen molar-refractivity contribution in [2.24, 2.45) is 5.92 Å². The quantitative estimate of drug-likeness (QED) is 0.814. The number of hydrogen-bond acceptors (Lipinski definition) is 1. The van der Waals surface area contributed by atoms with E-state index in [1.165, 1.54) is 11.1 Å². The highest BCUT2D eigenvalue weighted by molar-refractivity contribution is 6.74. The number of aryl methyl sites for hydroxylation is 1. The van der Waals surface area contributed by atoms with E-state index in [0.29, 0.717) is 11.5 Å². The van der Waals surface area contributed by atoms with Crippen LogP contribution in [0.15, 0.2) is 18.2 Å². The Kier molecular flexibility index (Phi) is 3.98. The fraction of sp³-hybridized carbons (Fsp3) is 0.625. The molecule has 0 saturated carbocycles. The van der Waals surface area contributed by atoms with Gasteiger partial charge in [0.15, 0.2) is 8.32 Å². The fourth-order valence-corrected chi connectivity index (χ4v) is 6.97. The Morgan fingerprint density at radius 3 is 2.50 bits per heavy atom. The number of hydrogen-bond donors (Lipinski definition) is 1. The monoisotopic (exact) mass is 262 g/mol. The van der Waals surface area contributed by atoms with Gasteiger partial charge in [0.1, 0.15) is 0 Å². The van der Waals surface area contributed by atoms with Crippen molar-refractivity contribution < 1.29 is 4.80 Å². The predicted molar refractivity (Wildman–Crippen MR) is 80.4 cm³/mol. The third kappa shape index (κ3) is 2.28. The number of benzene rings is 1. The van der Waals surface area contributed by atoms with Crippen LogP contribution in [0, 0.1) is 12.8 Å². The average molecular weight is 262 g/mol. The molecule has 1 aliphatic carbocycles. The summed E-state index contributed by atoms with van der Waals surface area (Å²) in [5.41, 5.74) is 5.01. The van der Waals surface area contributed by atoms with Gasteiger partial charge in [0, 0.05) is 0 Å². The Morgan fingerprint density at radius 1 is 1.22 bits per heavy atom. The van der Waals surface area contributed by atoms with Gasteiger partial charge in [-0.25, -0.2) is 0 Å². The van der Waals surface area contributed by atoms with Crippen LogP contribution in [0.3, 0.4) is 0 Å². The minimum absolute atomic E-state index is 0.543. The first-order valence-corrected chi connectivity index (χ1v) is 9.75. The maximum Gasteiger partial charge on any atom is 0.191 e. The lowest BCUT2D eigenvalue weighted by Crippen LogP contribution is -2.44. The molecule has 1 aromatic carbocycles. The second-order valence-electron chi connectivity index (χ2n) is 6.02. The molecule has 1 N–H and O–H groups in total. The second kappa shape index (κ2) is 5.18. The van der Waals surface area contributed by atoms with E-state index in [1.54, 1.807) is 5.56 Å². The zero-order valence-corrected chi connectivity index (χ0v) is 13.2. The summed E-state index contributed by atoms with van der Waals surface area (Å²) in [6.45, 7) is 8.90. The molecular formula is C16H26OSi. The highest BCUT2D eigenvalue weighted by atomic mass is 28.4. The molecule has 18 heavy (non-hydrogen) atoms. The van der Waals surface area contributed by atoms with Crippen LogP contribution in [0.25, 0.3) is 0 Å². The lowest BCUT2D eigenvalue weighted by Gasteiger charge is -2.40. The molecule has 0 unspecified atom stereocenters. The van der Waals surface area contributed by atoms with Gasteiger partial charge < -0.3 is 4.80 Å². The van der Waals surface area contributed by atoms with Crippen molar-refractivity contribution >= 4 is 8.32 Å². The highest BCUT2D eigenvalue weighted by Crippen LogP contribution is 2.42. The van der Waals surface area contributed by atoms with Crippen LogP contribution in [-0.2, 0) is 12.8 Å². The molecule has 0 saturated heterocycles. The van der Waals surface area contributed by atoms with Crippen LogP contribution in [0.2, 0.25) is 17.6 Å². The van der Waals surface area contributed by atoms with Gasteiger partial charge in [-0.3, -0.25) is 0 Å². The number of rotatable bonds is 3. The topological polar surface area (TPSA) is 20.2 Å². The smallest absolute Gasteiger partial charge is 0.191 e. The second-order valence-corrected chi connectivity index (χ2v) is 10.4. The molecule has 1 aliphatic rings. The fourth-order valence-electron chi connectivity index (χ4n) is 3.64. The molecule has 2 atom stereocenters. The summed E-state index contributed by atoms with van der Waals surface area (Å²) in [6, 6.07) is 8.65. The van der Waals surface area contributed by atoms with Gasteiger partial charge in [-0.1, -0.05) is 39.0 Å². The van der Waals surface area contributed by atoms with Crippen molar-refractivity contribution in [1.82, 2.24) is 0 Å². The largest absolute Gasteiger partial charge is 0.431 e. The SMILES string of the molecule is CC[Si](O)(CC)[C@@H]1Cc2cccc(C)c2C[C@@H]1C. The molecule has 0 radical (unpaired) electrons. The molecule has 1 nitrogen and oxygen atoms in total. The summed E-state index contributed by atoms with van der Waals surface area (Å²) in [5, 5.41) is 0. The van der Waals surface area contributed by atoms with Crippen molar-refractivity contribution in [2.75, 3.05) is 0 Å². The standard InChI is InChI=1S/C16H26OSi/c1-5-18(17,6-2)16-11-14-9-7-8-12(3)15(14)10-13(16)4/h7-9,13,16-17H,5-6,10-11H2,1-4H3/t13-,16+/m0/s1. The van der Waals surface area contributed by atoms with Crippen molar-refractivity contribution in [1.29, 1.82) is 0 Å². The van der Waals surface area contributed by atoms with Crippen molar-refractivity contribution in [2.45, 2.75) is 58.2 Å². The van der Waals surface area contributed by atoms with E-state index in [4.69, 9.17) is 0 Å². The molecule has 0 aliphatic heterocycles. The first kappa shape index (κ1) is 13.8. The van der Waals surface area contributed by atoms with E-state index in [-0.39, 0.29) is 0 Å². The maximum absolute atomic E-state index is 11.0. The minimum Gasteiger partial charge on any atom is -0.431 e. The summed E-state index contributed by atoms with van der Waals surface area (Å²) in [5.74, 6) is 0.634. The van der Waals surface area contributed by atoms with Gasteiger partial charge in [0.2, 0.25) is 0 Å². The Bertz CT molecular complexity index is 423. The van der Waals surface area contributed by atoms with Crippen LogP contribution >= 0.6 is 0 Å². The molecule has 1 aromatic rings. The Hall–Kier alpha value is -0.603. The van der Waals surface area contributed by atoms with E-state index in [0.717, 1.165) is 24.9 Å². The lowest BCUT2D eigenvalue weighted by atomic mass is 9.82. The zero-order chi connectivity index (χ0) is 13.3. The van der Waals surface area contributed by atoms with Gasteiger partial charge in [-0.05, 0) is 60.0 Å². The molecule has 100 valence electrons. The molecule has 0 fully saturated rings.